The van der Waals surface area contributed by atoms with Crippen LogP contribution in [0.5, 0.6) is 0 Å². The molecule has 2 heteroatoms. The van der Waals surface area contributed by atoms with Gasteiger partial charge in [0.25, 0.3) is 0 Å². The lowest BCUT2D eigenvalue weighted by atomic mass is 9.82. The molecule has 0 amide bonds. The summed E-state index contributed by atoms with van der Waals surface area (Å²) in [5.74, 6) is 0. The minimum absolute atomic E-state index is 0.186. The Morgan fingerprint density at radius 2 is 0.955 bits per heavy atom. The molecule has 314 valence electrons. The van der Waals surface area contributed by atoms with Gasteiger partial charge in [-0.15, -0.1) is 0 Å². The van der Waals surface area contributed by atoms with Gasteiger partial charge >= 0.3 is 0 Å². The molecule has 0 saturated heterocycles. The zero-order valence-electron chi connectivity index (χ0n) is 37.5. The summed E-state index contributed by atoms with van der Waals surface area (Å²) in [4.78, 5) is 2.52. The lowest BCUT2D eigenvalue weighted by molar-refractivity contribution is 0.661. The SMILES string of the molecule is Cc1cccc(N(c2ccc(-c3ccccc3)cc2)c2ccc3c(c2)C(C)(C)c2ccc4ccccc4c2-3)c1-c1ccccc1[SiH](c1ccc2ccccc2c1)c1ccc2ccccc2c1. The Bertz CT molecular complexity index is 3560. The number of aryl methyl sites for hydroxylation is 1. The molecule has 0 saturated carbocycles. The van der Waals surface area contributed by atoms with E-state index in [0.29, 0.717) is 0 Å². The molecule has 66 heavy (non-hydrogen) atoms. The first-order valence-electron chi connectivity index (χ1n) is 23.2. The molecule has 0 N–H and O–H groups in total. The fourth-order valence-electron chi connectivity index (χ4n) is 11.0. The van der Waals surface area contributed by atoms with E-state index in [-0.39, 0.29) is 5.41 Å². The van der Waals surface area contributed by atoms with Crippen LogP contribution in [0.25, 0.3) is 65.7 Å². The van der Waals surface area contributed by atoms with Gasteiger partial charge in [0.1, 0.15) is 8.80 Å². The molecule has 0 heterocycles. The standard InChI is InChI=1S/C64H49NSi/c1-43-16-15-26-60(62(43)57-25-13-14-27-61(57)66(53-36-30-45-19-7-9-22-49(45)40-53)54-37-31-46-20-8-10-23-50(46)41-54)65(51-33-28-47(29-34-51)44-17-5-4-6-18-44)52-35-38-56-59(42-52)64(2,3)58-39-32-48-21-11-12-24-55(48)63(56)58/h4-42,66H,1-3H3. The molecule has 0 unspecified atom stereocenters. The highest BCUT2D eigenvalue weighted by Crippen LogP contribution is 2.53. The van der Waals surface area contributed by atoms with Gasteiger partial charge in [-0.25, -0.2) is 0 Å². The van der Waals surface area contributed by atoms with E-state index in [1.165, 1.54) is 104 Å². The van der Waals surface area contributed by atoms with Gasteiger partial charge in [0.15, 0.2) is 0 Å². The molecule has 1 aliphatic carbocycles. The summed E-state index contributed by atoms with van der Waals surface area (Å²) < 4.78 is 0. The molecule has 0 aliphatic heterocycles. The van der Waals surface area contributed by atoms with Crippen molar-refractivity contribution < 1.29 is 0 Å². The second-order valence-corrected chi connectivity index (χ2v) is 21.3. The summed E-state index contributed by atoms with van der Waals surface area (Å²) in [7, 11) is -2.10. The van der Waals surface area contributed by atoms with Gasteiger partial charge in [-0.1, -0.05) is 230 Å². The van der Waals surface area contributed by atoms with Gasteiger partial charge in [-0.3, -0.25) is 0 Å². The first kappa shape index (κ1) is 39.8. The van der Waals surface area contributed by atoms with Crippen LogP contribution in [0.1, 0.15) is 30.5 Å². The van der Waals surface area contributed by atoms with E-state index in [4.69, 9.17) is 0 Å². The van der Waals surface area contributed by atoms with E-state index in [0.717, 1.165) is 11.4 Å². The van der Waals surface area contributed by atoms with Crippen LogP contribution in [-0.2, 0) is 5.41 Å². The maximum atomic E-state index is 2.52. The smallest absolute Gasteiger partial charge is 0.133 e. The number of hydrogen-bond acceptors (Lipinski definition) is 1. The third-order valence-corrected chi connectivity index (χ3v) is 17.5. The summed E-state index contributed by atoms with van der Waals surface area (Å²) in [6.07, 6.45) is 0. The molecule has 0 spiro atoms. The van der Waals surface area contributed by atoms with Gasteiger partial charge in [0, 0.05) is 22.4 Å². The van der Waals surface area contributed by atoms with E-state index in [2.05, 4.69) is 262 Å². The second-order valence-electron chi connectivity index (χ2n) is 18.5. The molecule has 11 aromatic carbocycles. The average Bonchev–Trinajstić information content (AvgIpc) is 3.60. The first-order valence-corrected chi connectivity index (χ1v) is 24.9. The van der Waals surface area contributed by atoms with Crippen molar-refractivity contribution in [3.8, 4) is 33.4 Å². The largest absolute Gasteiger partial charge is 0.310 e. The minimum Gasteiger partial charge on any atom is -0.310 e. The Hall–Kier alpha value is -7.78. The van der Waals surface area contributed by atoms with Crippen LogP contribution in [0.15, 0.2) is 237 Å². The van der Waals surface area contributed by atoms with Crippen LogP contribution in [0.2, 0.25) is 0 Å². The van der Waals surface area contributed by atoms with E-state index < -0.39 is 8.80 Å². The lowest BCUT2D eigenvalue weighted by Gasteiger charge is -2.31. The molecule has 0 atom stereocenters. The van der Waals surface area contributed by atoms with Crippen molar-refractivity contribution in [2.45, 2.75) is 26.2 Å². The monoisotopic (exact) mass is 859 g/mol. The predicted octanol–water partition coefficient (Wildman–Crippen LogP) is 14.8. The number of hydrogen-bond donors (Lipinski definition) is 0. The summed E-state index contributed by atoms with van der Waals surface area (Å²) in [5.41, 5.74) is 14.9. The maximum Gasteiger partial charge on any atom is 0.133 e. The molecule has 1 nitrogen and oxygen atoms in total. The minimum atomic E-state index is -2.10. The van der Waals surface area contributed by atoms with Crippen LogP contribution >= 0.6 is 0 Å². The third-order valence-electron chi connectivity index (χ3n) is 14.3. The number of rotatable bonds is 8. The summed E-state index contributed by atoms with van der Waals surface area (Å²) in [5, 5.41) is 11.9. The van der Waals surface area contributed by atoms with Crippen molar-refractivity contribution in [3.63, 3.8) is 0 Å². The average molecular weight is 860 g/mol. The van der Waals surface area contributed by atoms with E-state index in [9.17, 15) is 0 Å². The van der Waals surface area contributed by atoms with Crippen molar-refractivity contribution in [1.29, 1.82) is 0 Å². The molecule has 1 aliphatic rings. The van der Waals surface area contributed by atoms with Crippen LogP contribution in [-0.4, -0.2) is 8.80 Å². The number of anilines is 3. The topological polar surface area (TPSA) is 3.24 Å². The molecular formula is C64H49NSi. The van der Waals surface area contributed by atoms with E-state index >= 15 is 0 Å². The Kier molecular flexibility index (Phi) is 9.66. The molecule has 0 bridgehead atoms. The fraction of sp³-hybridized carbons (Fsp3) is 0.0625. The van der Waals surface area contributed by atoms with Crippen molar-refractivity contribution in [1.82, 2.24) is 0 Å². The molecule has 0 aromatic heterocycles. The van der Waals surface area contributed by atoms with Crippen LogP contribution in [0.3, 0.4) is 0 Å². The zero-order valence-corrected chi connectivity index (χ0v) is 38.7. The van der Waals surface area contributed by atoms with Crippen molar-refractivity contribution in [3.05, 3.63) is 253 Å². The summed E-state index contributed by atoms with van der Waals surface area (Å²) in [6, 6.07) is 88.7. The Morgan fingerprint density at radius 1 is 0.379 bits per heavy atom. The van der Waals surface area contributed by atoms with Gasteiger partial charge < -0.3 is 4.90 Å². The molecule has 0 fully saturated rings. The summed E-state index contributed by atoms with van der Waals surface area (Å²) in [6.45, 7) is 7.09. The molecule has 11 aromatic rings. The van der Waals surface area contributed by atoms with Crippen molar-refractivity contribution >= 4 is 73.7 Å². The Labute approximate surface area is 389 Å². The first-order chi connectivity index (χ1) is 32.4. The van der Waals surface area contributed by atoms with Crippen molar-refractivity contribution in [2.75, 3.05) is 4.90 Å². The number of benzene rings is 11. The van der Waals surface area contributed by atoms with Crippen LogP contribution < -0.4 is 20.5 Å². The van der Waals surface area contributed by atoms with E-state index in [1.807, 2.05) is 0 Å². The fourth-order valence-corrected chi connectivity index (χ4v) is 14.2. The van der Waals surface area contributed by atoms with Crippen LogP contribution in [0.4, 0.5) is 17.1 Å². The Balaban J connectivity index is 1.08. The highest BCUT2D eigenvalue weighted by atomic mass is 28.3. The molecule has 12 rings (SSSR count). The lowest BCUT2D eigenvalue weighted by Crippen LogP contribution is -2.52. The number of fused-ring (bicyclic) bond motifs is 7. The summed E-state index contributed by atoms with van der Waals surface area (Å²) >= 11 is 0. The van der Waals surface area contributed by atoms with Gasteiger partial charge in [0.2, 0.25) is 0 Å². The number of nitrogens with zero attached hydrogens (tertiary/aromatic N) is 1. The zero-order chi connectivity index (χ0) is 44.4. The highest BCUT2D eigenvalue weighted by molar-refractivity contribution is 6.96. The van der Waals surface area contributed by atoms with Gasteiger partial charge in [-0.2, -0.15) is 0 Å². The normalized spacial score (nSPS) is 12.7. The predicted molar refractivity (Wildman–Crippen MR) is 286 cm³/mol. The molecule has 0 radical (unpaired) electrons. The quantitative estimate of drug-likeness (QED) is 0.109. The third kappa shape index (κ3) is 6.68. The Morgan fingerprint density at radius 3 is 1.67 bits per heavy atom. The molecular weight excluding hydrogens is 811 g/mol. The van der Waals surface area contributed by atoms with Crippen molar-refractivity contribution in [2.24, 2.45) is 0 Å². The maximum absolute atomic E-state index is 2.52. The second kappa shape index (κ2) is 16.0. The van der Waals surface area contributed by atoms with Gasteiger partial charge in [-0.05, 0) is 119 Å². The van der Waals surface area contributed by atoms with Gasteiger partial charge in [0.05, 0.1) is 5.69 Å². The van der Waals surface area contributed by atoms with E-state index in [1.54, 1.807) is 0 Å². The van der Waals surface area contributed by atoms with Crippen LogP contribution in [0, 0.1) is 6.92 Å². The highest BCUT2D eigenvalue weighted by Gasteiger charge is 2.37.